The second-order valence-corrected chi connectivity index (χ2v) is 6.10. The van der Waals surface area contributed by atoms with Gasteiger partial charge in [-0.3, -0.25) is 0 Å². The van der Waals surface area contributed by atoms with Crippen LogP contribution in [0.5, 0.6) is 0 Å². The summed E-state index contributed by atoms with van der Waals surface area (Å²) < 4.78 is 27.6. The summed E-state index contributed by atoms with van der Waals surface area (Å²) in [5, 5.41) is 0.733. The molecule has 0 N–H and O–H groups in total. The van der Waals surface area contributed by atoms with Crippen molar-refractivity contribution in [1.29, 1.82) is 0 Å². The first kappa shape index (κ1) is 13.4. The molecule has 3 nitrogen and oxygen atoms in total. The normalized spacial score (nSPS) is 14.4. The molecule has 0 fully saturated rings. The van der Waals surface area contributed by atoms with E-state index in [2.05, 4.69) is 15.9 Å². The quantitative estimate of drug-likeness (QED) is 0.521. The highest BCUT2D eigenvalue weighted by atomic mass is 79.9. The summed E-state index contributed by atoms with van der Waals surface area (Å²) >= 11 is 3.26. The first-order valence-electron chi connectivity index (χ1n) is 4.27. The van der Waals surface area contributed by atoms with Crippen LogP contribution in [0.3, 0.4) is 0 Å². The van der Waals surface area contributed by atoms with E-state index in [1.807, 2.05) is 6.92 Å². The Bertz CT molecular complexity index is 213. The second kappa shape index (κ2) is 6.79. The third-order valence-corrected chi connectivity index (χ3v) is 4.70. The minimum absolute atomic E-state index is 0.188. The third-order valence-electron chi connectivity index (χ3n) is 1.61. The van der Waals surface area contributed by atoms with Crippen LogP contribution in [0.4, 0.5) is 0 Å². The maximum atomic E-state index is 11.4. The van der Waals surface area contributed by atoms with Crippen molar-refractivity contribution >= 4 is 25.8 Å². The van der Waals surface area contributed by atoms with Gasteiger partial charge < -0.3 is 4.74 Å². The predicted molar refractivity (Wildman–Crippen MR) is 58.1 cm³/mol. The van der Waals surface area contributed by atoms with Crippen molar-refractivity contribution in [1.82, 2.24) is 0 Å². The Labute approximate surface area is 88.9 Å². The van der Waals surface area contributed by atoms with Gasteiger partial charge >= 0.3 is 0 Å². The van der Waals surface area contributed by atoms with Crippen molar-refractivity contribution < 1.29 is 13.2 Å². The van der Waals surface area contributed by atoms with Crippen LogP contribution >= 0.6 is 15.9 Å². The number of rotatable bonds is 7. The molecule has 13 heavy (non-hydrogen) atoms. The highest BCUT2D eigenvalue weighted by Crippen LogP contribution is 2.06. The van der Waals surface area contributed by atoms with E-state index in [4.69, 9.17) is 4.74 Å². The van der Waals surface area contributed by atoms with Gasteiger partial charge in [-0.05, 0) is 12.3 Å². The van der Waals surface area contributed by atoms with Gasteiger partial charge in [-0.25, -0.2) is 8.42 Å². The molecule has 0 saturated carbocycles. The van der Waals surface area contributed by atoms with Gasteiger partial charge in [0.25, 0.3) is 0 Å². The van der Waals surface area contributed by atoms with Gasteiger partial charge in [0.05, 0.1) is 11.5 Å². The minimum Gasteiger partial charge on any atom is -0.385 e. The summed E-state index contributed by atoms with van der Waals surface area (Å²) in [5.74, 6) is 0.688. The monoisotopic (exact) mass is 272 g/mol. The molecule has 0 aliphatic carbocycles. The van der Waals surface area contributed by atoms with Gasteiger partial charge in [-0.1, -0.05) is 22.9 Å². The summed E-state index contributed by atoms with van der Waals surface area (Å²) in [4.78, 5) is 0. The van der Waals surface area contributed by atoms with Crippen molar-refractivity contribution in [2.45, 2.75) is 13.3 Å². The molecule has 0 spiro atoms. The lowest BCUT2D eigenvalue weighted by atomic mass is 10.3. The lowest BCUT2D eigenvalue weighted by Crippen LogP contribution is -2.18. The Morgan fingerprint density at radius 2 is 2.08 bits per heavy atom. The fourth-order valence-electron chi connectivity index (χ4n) is 0.985. The molecule has 0 aromatic heterocycles. The molecule has 5 heteroatoms. The van der Waals surface area contributed by atoms with Crippen LogP contribution in [0.1, 0.15) is 13.3 Å². The van der Waals surface area contributed by atoms with Crippen LogP contribution in [0.2, 0.25) is 0 Å². The number of hydrogen-bond donors (Lipinski definition) is 0. The van der Waals surface area contributed by atoms with E-state index in [0.29, 0.717) is 13.0 Å². The van der Waals surface area contributed by atoms with Crippen molar-refractivity contribution in [2.24, 2.45) is 5.92 Å². The zero-order chi connectivity index (χ0) is 10.3. The third kappa shape index (κ3) is 7.46. The van der Waals surface area contributed by atoms with Crippen molar-refractivity contribution in [3.63, 3.8) is 0 Å². The zero-order valence-electron chi connectivity index (χ0n) is 8.12. The lowest BCUT2D eigenvalue weighted by Gasteiger charge is -2.08. The Kier molecular flexibility index (Phi) is 6.99. The number of methoxy groups -OCH3 is 1. The minimum atomic E-state index is -2.88. The molecule has 1 unspecified atom stereocenters. The van der Waals surface area contributed by atoms with E-state index >= 15 is 0 Å². The molecule has 80 valence electrons. The summed E-state index contributed by atoms with van der Waals surface area (Å²) in [7, 11) is -1.30. The summed E-state index contributed by atoms with van der Waals surface area (Å²) in [6, 6.07) is 0. The number of halogens is 1. The van der Waals surface area contributed by atoms with E-state index in [1.165, 1.54) is 0 Å². The van der Waals surface area contributed by atoms with E-state index in [-0.39, 0.29) is 17.4 Å². The molecular formula is C8H17BrO3S. The van der Waals surface area contributed by atoms with Crippen molar-refractivity contribution in [3.05, 3.63) is 0 Å². The smallest absolute Gasteiger partial charge is 0.150 e. The van der Waals surface area contributed by atoms with E-state index in [0.717, 1.165) is 5.33 Å². The molecule has 0 aliphatic heterocycles. The average Bonchev–Trinajstić information content (AvgIpc) is 2.03. The number of ether oxygens (including phenoxy) is 1. The Hall–Kier alpha value is 0.390. The van der Waals surface area contributed by atoms with Gasteiger partial charge in [0.1, 0.15) is 0 Å². The first-order valence-corrected chi connectivity index (χ1v) is 7.21. The van der Waals surface area contributed by atoms with E-state index in [1.54, 1.807) is 7.11 Å². The summed E-state index contributed by atoms with van der Waals surface area (Å²) in [6.45, 7) is 2.44. The Balaban J connectivity index is 3.81. The highest BCUT2D eigenvalue weighted by Gasteiger charge is 2.14. The Morgan fingerprint density at radius 3 is 2.54 bits per heavy atom. The Morgan fingerprint density at radius 1 is 1.46 bits per heavy atom. The molecule has 1 atom stereocenters. The van der Waals surface area contributed by atoms with Crippen molar-refractivity contribution in [2.75, 3.05) is 30.6 Å². The lowest BCUT2D eigenvalue weighted by molar-refractivity contribution is 0.199. The molecule has 0 radical (unpaired) electrons. The van der Waals surface area contributed by atoms with Crippen LogP contribution < -0.4 is 0 Å². The van der Waals surface area contributed by atoms with Gasteiger partial charge in [0.2, 0.25) is 0 Å². The highest BCUT2D eigenvalue weighted by molar-refractivity contribution is 9.09. The largest absolute Gasteiger partial charge is 0.385 e. The fourth-order valence-corrected chi connectivity index (χ4v) is 3.23. The number of sulfone groups is 1. The van der Waals surface area contributed by atoms with Crippen LogP contribution in [-0.2, 0) is 14.6 Å². The molecular weight excluding hydrogens is 256 g/mol. The van der Waals surface area contributed by atoms with E-state index < -0.39 is 9.84 Å². The first-order chi connectivity index (χ1) is 6.02. The molecule has 0 bridgehead atoms. The van der Waals surface area contributed by atoms with E-state index in [9.17, 15) is 8.42 Å². The molecule has 0 aromatic rings. The maximum Gasteiger partial charge on any atom is 0.150 e. The maximum absolute atomic E-state index is 11.4. The van der Waals surface area contributed by atoms with Gasteiger partial charge in [-0.2, -0.15) is 0 Å². The second-order valence-electron chi connectivity index (χ2n) is 3.22. The van der Waals surface area contributed by atoms with Crippen LogP contribution in [0.15, 0.2) is 0 Å². The molecule has 0 aliphatic rings. The fraction of sp³-hybridized carbons (Fsp3) is 1.00. The topological polar surface area (TPSA) is 43.4 Å². The van der Waals surface area contributed by atoms with Crippen LogP contribution in [0.25, 0.3) is 0 Å². The van der Waals surface area contributed by atoms with Crippen LogP contribution in [0, 0.1) is 5.92 Å². The molecule has 0 heterocycles. The summed E-state index contributed by atoms with van der Waals surface area (Å²) in [6.07, 6.45) is 0.591. The zero-order valence-corrected chi connectivity index (χ0v) is 10.5. The van der Waals surface area contributed by atoms with Crippen molar-refractivity contribution in [3.8, 4) is 0 Å². The van der Waals surface area contributed by atoms with Crippen LogP contribution in [-0.4, -0.2) is 39.0 Å². The average molecular weight is 273 g/mol. The molecule has 0 saturated heterocycles. The SMILES string of the molecule is COCCCS(=O)(=O)CC(C)CBr. The van der Waals surface area contributed by atoms with Gasteiger partial charge in [-0.15, -0.1) is 0 Å². The predicted octanol–water partition coefficient (Wildman–Crippen LogP) is 1.47. The molecule has 0 amide bonds. The molecule has 0 aromatic carbocycles. The molecule has 0 rings (SSSR count). The summed E-state index contributed by atoms with van der Waals surface area (Å²) in [5.41, 5.74) is 0. The standard InChI is InChI=1S/C8H17BrO3S/c1-8(6-9)7-13(10,11)5-3-4-12-2/h8H,3-7H2,1-2H3. The van der Waals surface area contributed by atoms with Gasteiger partial charge in [0, 0.05) is 19.0 Å². The van der Waals surface area contributed by atoms with Gasteiger partial charge in [0.15, 0.2) is 9.84 Å². The number of alkyl halides is 1. The number of hydrogen-bond acceptors (Lipinski definition) is 3.